The third kappa shape index (κ3) is 4.96. The second-order valence-electron chi connectivity index (χ2n) is 5.58. The first-order valence-electron chi connectivity index (χ1n) is 7.88. The molecule has 1 amide bonds. The maximum atomic E-state index is 11.9. The van der Waals surface area contributed by atoms with Crippen LogP contribution in [0, 0.1) is 0 Å². The van der Waals surface area contributed by atoms with Crippen LogP contribution in [-0.2, 0) is 4.74 Å². The number of hydrogen-bond donors (Lipinski definition) is 2. The summed E-state index contributed by atoms with van der Waals surface area (Å²) in [5.41, 5.74) is 1.33. The largest absolute Gasteiger partial charge is 0.395 e. The molecule has 6 nitrogen and oxygen atoms in total. The van der Waals surface area contributed by atoms with Gasteiger partial charge in [0.2, 0.25) is 0 Å². The fraction of sp³-hybridized carbons (Fsp3) is 0.625. The Morgan fingerprint density at radius 2 is 2.41 bits per heavy atom. The first-order chi connectivity index (χ1) is 10.7. The molecule has 1 aliphatic rings. The molecule has 1 saturated heterocycles. The smallest absolute Gasteiger partial charge is 0.270 e. The van der Waals surface area contributed by atoms with Crippen LogP contribution < -0.4 is 10.2 Å². The van der Waals surface area contributed by atoms with Crippen molar-refractivity contribution in [3.63, 3.8) is 0 Å². The lowest BCUT2D eigenvalue weighted by Crippen LogP contribution is -2.28. The summed E-state index contributed by atoms with van der Waals surface area (Å²) in [5, 5.41) is 11.4. The molecule has 1 aromatic heterocycles. The molecule has 2 heterocycles. The molecule has 1 fully saturated rings. The average Bonchev–Trinajstić information content (AvgIpc) is 2.58. The van der Waals surface area contributed by atoms with Gasteiger partial charge >= 0.3 is 0 Å². The van der Waals surface area contributed by atoms with Crippen molar-refractivity contribution in [2.24, 2.45) is 0 Å². The Balaban J connectivity index is 1.88. The molecule has 6 heteroatoms. The first kappa shape index (κ1) is 16.7. The first-order valence-corrected chi connectivity index (χ1v) is 7.88. The molecule has 1 atom stereocenters. The second-order valence-corrected chi connectivity index (χ2v) is 5.58. The van der Waals surface area contributed by atoms with Crippen molar-refractivity contribution < 1.29 is 14.6 Å². The standard InChI is InChI=1S/C16H25N3O3/c1-19(9-6-14-4-2-3-11-22-14)13-5-7-17-15(12-13)16(21)18-8-10-20/h5,7,12,14,20H,2-4,6,8-11H2,1H3,(H,18,21)/t14-/m0/s1. The molecule has 1 aromatic rings. The van der Waals surface area contributed by atoms with Gasteiger partial charge in [-0.1, -0.05) is 0 Å². The van der Waals surface area contributed by atoms with E-state index in [9.17, 15) is 4.79 Å². The highest BCUT2D eigenvalue weighted by molar-refractivity contribution is 5.93. The molecule has 0 aromatic carbocycles. The number of aliphatic hydroxyl groups excluding tert-OH is 1. The van der Waals surface area contributed by atoms with Crippen LogP contribution >= 0.6 is 0 Å². The van der Waals surface area contributed by atoms with Crippen LogP contribution in [0.3, 0.4) is 0 Å². The normalized spacial score (nSPS) is 18.0. The van der Waals surface area contributed by atoms with E-state index in [-0.39, 0.29) is 19.1 Å². The topological polar surface area (TPSA) is 74.7 Å². The summed E-state index contributed by atoms with van der Waals surface area (Å²) in [4.78, 5) is 18.1. The minimum atomic E-state index is -0.264. The SMILES string of the molecule is CN(CC[C@@H]1CCCCO1)c1ccnc(C(=O)NCCO)c1. The lowest BCUT2D eigenvalue weighted by atomic mass is 10.1. The van der Waals surface area contributed by atoms with Gasteiger partial charge in [-0.05, 0) is 37.8 Å². The van der Waals surface area contributed by atoms with Crippen molar-refractivity contribution in [1.29, 1.82) is 0 Å². The van der Waals surface area contributed by atoms with Crippen molar-refractivity contribution in [3.8, 4) is 0 Å². The van der Waals surface area contributed by atoms with Gasteiger partial charge in [0.1, 0.15) is 5.69 Å². The average molecular weight is 307 g/mol. The number of rotatable bonds is 7. The predicted octanol–water partition coefficient (Wildman–Crippen LogP) is 1.20. The Morgan fingerprint density at radius 1 is 1.55 bits per heavy atom. The third-order valence-electron chi connectivity index (χ3n) is 3.87. The van der Waals surface area contributed by atoms with Crippen LogP contribution in [0.2, 0.25) is 0 Å². The lowest BCUT2D eigenvalue weighted by molar-refractivity contribution is 0.0127. The Labute approximate surface area is 131 Å². The van der Waals surface area contributed by atoms with Gasteiger partial charge in [0.25, 0.3) is 5.91 Å². The van der Waals surface area contributed by atoms with Gasteiger partial charge < -0.3 is 20.1 Å². The van der Waals surface area contributed by atoms with Crippen LogP contribution in [0.4, 0.5) is 5.69 Å². The number of amides is 1. The predicted molar refractivity (Wildman–Crippen MR) is 85.1 cm³/mol. The van der Waals surface area contributed by atoms with Crippen molar-refractivity contribution in [2.45, 2.75) is 31.8 Å². The fourth-order valence-corrected chi connectivity index (χ4v) is 2.54. The van der Waals surface area contributed by atoms with E-state index in [1.54, 1.807) is 12.3 Å². The Morgan fingerprint density at radius 3 is 3.14 bits per heavy atom. The molecule has 2 N–H and O–H groups in total. The maximum Gasteiger partial charge on any atom is 0.270 e. The lowest BCUT2D eigenvalue weighted by Gasteiger charge is -2.26. The molecular formula is C16H25N3O3. The van der Waals surface area contributed by atoms with Crippen LogP contribution in [0.5, 0.6) is 0 Å². The highest BCUT2D eigenvalue weighted by Gasteiger charge is 2.15. The molecule has 0 bridgehead atoms. The number of aromatic nitrogens is 1. The van der Waals surface area contributed by atoms with Crippen LogP contribution in [0.25, 0.3) is 0 Å². The fourth-order valence-electron chi connectivity index (χ4n) is 2.54. The number of ether oxygens (including phenoxy) is 1. The van der Waals surface area contributed by atoms with Crippen molar-refractivity contribution in [2.75, 3.05) is 38.3 Å². The number of hydrogen-bond acceptors (Lipinski definition) is 5. The number of pyridine rings is 1. The summed E-state index contributed by atoms with van der Waals surface area (Å²) in [5.74, 6) is -0.264. The molecule has 0 spiro atoms. The monoisotopic (exact) mass is 307 g/mol. The third-order valence-corrected chi connectivity index (χ3v) is 3.87. The summed E-state index contributed by atoms with van der Waals surface area (Å²) in [7, 11) is 2.01. The quantitative estimate of drug-likeness (QED) is 0.792. The van der Waals surface area contributed by atoms with E-state index in [1.165, 1.54) is 12.8 Å². The molecule has 1 aliphatic heterocycles. The van der Waals surface area contributed by atoms with Gasteiger partial charge in [-0.2, -0.15) is 0 Å². The van der Waals surface area contributed by atoms with E-state index in [0.29, 0.717) is 11.8 Å². The number of anilines is 1. The van der Waals surface area contributed by atoms with Crippen molar-refractivity contribution in [1.82, 2.24) is 10.3 Å². The Bertz CT molecular complexity index is 475. The summed E-state index contributed by atoms with van der Waals surface area (Å²) in [6, 6.07) is 3.67. The van der Waals surface area contributed by atoms with E-state index in [4.69, 9.17) is 9.84 Å². The molecule has 0 unspecified atom stereocenters. The molecule has 2 rings (SSSR count). The number of carbonyl (C=O) groups excluding carboxylic acids is 1. The van der Waals surface area contributed by atoms with Gasteiger partial charge in [-0.15, -0.1) is 0 Å². The highest BCUT2D eigenvalue weighted by Crippen LogP contribution is 2.18. The van der Waals surface area contributed by atoms with Crippen LogP contribution in [-0.4, -0.2) is 55.5 Å². The number of nitrogens with zero attached hydrogens (tertiary/aromatic N) is 2. The minimum absolute atomic E-state index is 0.0767. The van der Waals surface area contributed by atoms with Gasteiger partial charge in [0, 0.05) is 38.6 Å². The zero-order chi connectivity index (χ0) is 15.8. The summed E-state index contributed by atoms with van der Waals surface area (Å²) in [6.07, 6.45) is 6.54. The molecule has 0 saturated carbocycles. The minimum Gasteiger partial charge on any atom is -0.395 e. The molecule has 0 radical (unpaired) electrons. The summed E-state index contributed by atoms with van der Waals surface area (Å²) >= 11 is 0. The van der Waals surface area contributed by atoms with Crippen LogP contribution in [0.1, 0.15) is 36.2 Å². The Kier molecular flexibility index (Phi) is 6.61. The van der Waals surface area contributed by atoms with E-state index in [0.717, 1.165) is 31.7 Å². The van der Waals surface area contributed by atoms with E-state index < -0.39 is 0 Å². The zero-order valence-electron chi connectivity index (χ0n) is 13.1. The summed E-state index contributed by atoms with van der Waals surface area (Å²) in [6.45, 7) is 1.91. The maximum absolute atomic E-state index is 11.9. The molecule has 122 valence electrons. The summed E-state index contributed by atoms with van der Waals surface area (Å²) < 4.78 is 5.74. The molecule has 22 heavy (non-hydrogen) atoms. The van der Waals surface area contributed by atoms with E-state index in [2.05, 4.69) is 15.2 Å². The van der Waals surface area contributed by atoms with Gasteiger partial charge in [0.15, 0.2) is 0 Å². The number of nitrogens with one attached hydrogen (secondary N) is 1. The Hall–Kier alpha value is -1.66. The molecular weight excluding hydrogens is 282 g/mol. The van der Waals surface area contributed by atoms with Gasteiger partial charge in [-0.3, -0.25) is 9.78 Å². The van der Waals surface area contributed by atoms with Gasteiger partial charge in [0.05, 0.1) is 12.7 Å². The van der Waals surface area contributed by atoms with Crippen molar-refractivity contribution >= 4 is 11.6 Å². The number of carbonyl (C=O) groups is 1. The zero-order valence-corrected chi connectivity index (χ0v) is 13.1. The van der Waals surface area contributed by atoms with Crippen LogP contribution in [0.15, 0.2) is 18.3 Å². The van der Waals surface area contributed by atoms with E-state index >= 15 is 0 Å². The van der Waals surface area contributed by atoms with E-state index in [1.807, 2.05) is 13.1 Å². The number of aliphatic hydroxyl groups is 1. The second kappa shape index (κ2) is 8.70. The highest BCUT2D eigenvalue weighted by atomic mass is 16.5. The molecule has 0 aliphatic carbocycles. The van der Waals surface area contributed by atoms with Crippen molar-refractivity contribution in [3.05, 3.63) is 24.0 Å². The van der Waals surface area contributed by atoms with Gasteiger partial charge in [-0.25, -0.2) is 0 Å².